The number of carbonyl (C=O) groups excluding carboxylic acids is 1. The predicted molar refractivity (Wildman–Crippen MR) is 112 cm³/mol. The highest BCUT2D eigenvalue weighted by Crippen LogP contribution is 2.16. The second-order valence-corrected chi connectivity index (χ2v) is 8.22. The van der Waals surface area contributed by atoms with Crippen LogP contribution in [0.25, 0.3) is 0 Å². The summed E-state index contributed by atoms with van der Waals surface area (Å²) in [7, 11) is -3.53. The maximum Gasteiger partial charge on any atom is 0.251 e. The average molecular weight is 404 g/mol. The highest BCUT2D eigenvalue weighted by atomic mass is 32.2. The Labute approximate surface area is 168 Å². The minimum Gasteiger partial charge on any atom is -0.344 e. The van der Waals surface area contributed by atoms with Crippen LogP contribution in [0.15, 0.2) is 59.5 Å². The van der Waals surface area contributed by atoms with Crippen LogP contribution in [-0.4, -0.2) is 45.4 Å². The van der Waals surface area contributed by atoms with Gasteiger partial charge in [0.1, 0.15) is 0 Å². The van der Waals surface area contributed by atoms with Gasteiger partial charge in [-0.25, -0.2) is 13.1 Å². The Morgan fingerprint density at radius 1 is 0.964 bits per heavy atom. The quantitative estimate of drug-likeness (QED) is 0.639. The first kappa shape index (κ1) is 22.1. The van der Waals surface area contributed by atoms with E-state index in [9.17, 15) is 13.2 Å². The van der Waals surface area contributed by atoms with Crippen LogP contribution < -0.4 is 10.0 Å². The first-order valence-electron chi connectivity index (χ1n) is 9.59. The van der Waals surface area contributed by atoms with E-state index in [1.807, 2.05) is 30.3 Å². The number of likely N-dealkylation sites (N-methyl/N-ethyl adjacent to an activating group) is 1. The SMILES string of the molecule is CCNS(=O)(=O)c1ccc(C(=O)N[C@H](CN(CC)CC)c2ccccc2)cc1. The number of nitrogens with one attached hydrogen (secondary N) is 2. The molecule has 1 atom stereocenters. The van der Waals surface area contributed by atoms with Gasteiger partial charge in [-0.15, -0.1) is 0 Å². The van der Waals surface area contributed by atoms with Crippen LogP contribution in [0.1, 0.15) is 42.7 Å². The van der Waals surface area contributed by atoms with E-state index >= 15 is 0 Å². The number of carbonyl (C=O) groups is 1. The van der Waals surface area contributed by atoms with Gasteiger partial charge >= 0.3 is 0 Å². The Kier molecular flexibility index (Phi) is 8.17. The number of amides is 1. The lowest BCUT2D eigenvalue weighted by molar-refractivity contribution is 0.0925. The van der Waals surface area contributed by atoms with Crippen molar-refractivity contribution >= 4 is 15.9 Å². The standard InChI is InChI=1S/C21H29N3O3S/c1-4-22-28(26,27)19-14-12-18(13-15-19)21(25)23-20(16-24(5-2)6-3)17-10-8-7-9-11-17/h7-15,20,22H,4-6,16H2,1-3H3,(H,23,25)/t20-/m1/s1. The summed E-state index contributed by atoms with van der Waals surface area (Å²) in [5.41, 5.74) is 1.46. The third-order valence-electron chi connectivity index (χ3n) is 4.60. The van der Waals surface area contributed by atoms with E-state index in [2.05, 4.69) is 28.8 Å². The molecule has 2 rings (SSSR count). The van der Waals surface area contributed by atoms with Gasteiger partial charge in [-0.1, -0.05) is 51.1 Å². The number of sulfonamides is 1. The minimum atomic E-state index is -3.53. The van der Waals surface area contributed by atoms with Crippen LogP contribution in [0.5, 0.6) is 0 Å². The second kappa shape index (κ2) is 10.4. The molecule has 1 amide bonds. The van der Waals surface area contributed by atoms with Crippen molar-refractivity contribution in [2.45, 2.75) is 31.7 Å². The van der Waals surface area contributed by atoms with Gasteiger partial charge in [0.25, 0.3) is 5.91 Å². The zero-order valence-corrected chi connectivity index (χ0v) is 17.5. The highest BCUT2D eigenvalue weighted by molar-refractivity contribution is 7.89. The molecule has 0 saturated carbocycles. The lowest BCUT2D eigenvalue weighted by Crippen LogP contribution is -2.38. The van der Waals surface area contributed by atoms with Gasteiger partial charge in [-0.2, -0.15) is 0 Å². The third kappa shape index (κ3) is 5.89. The molecular formula is C21H29N3O3S. The molecule has 0 radical (unpaired) electrons. The molecule has 0 heterocycles. The molecule has 0 fully saturated rings. The summed E-state index contributed by atoms with van der Waals surface area (Å²) < 4.78 is 26.5. The summed E-state index contributed by atoms with van der Waals surface area (Å²) in [5, 5.41) is 3.09. The Balaban J connectivity index is 2.18. The van der Waals surface area contributed by atoms with Crippen molar-refractivity contribution in [3.05, 3.63) is 65.7 Å². The summed E-state index contributed by atoms with van der Waals surface area (Å²) >= 11 is 0. The minimum absolute atomic E-state index is 0.147. The first-order chi connectivity index (χ1) is 13.4. The Morgan fingerprint density at radius 3 is 2.11 bits per heavy atom. The number of rotatable bonds is 10. The Morgan fingerprint density at radius 2 is 1.57 bits per heavy atom. The van der Waals surface area contributed by atoms with Gasteiger partial charge in [-0.3, -0.25) is 4.79 Å². The molecule has 0 aromatic heterocycles. The predicted octanol–water partition coefficient (Wildman–Crippen LogP) is 2.80. The van der Waals surface area contributed by atoms with Gasteiger partial charge in [0.2, 0.25) is 10.0 Å². The van der Waals surface area contributed by atoms with E-state index < -0.39 is 10.0 Å². The molecule has 0 bridgehead atoms. The van der Waals surface area contributed by atoms with Crippen molar-refractivity contribution in [2.75, 3.05) is 26.2 Å². The van der Waals surface area contributed by atoms with E-state index in [1.165, 1.54) is 12.1 Å². The Bertz CT molecular complexity index is 848. The number of benzene rings is 2. The normalized spacial score (nSPS) is 12.7. The molecule has 2 aromatic carbocycles. The van der Waals surface area contributed by atoms with E-state index in [0.717, 1.165) is 18.7 Å². The molecule has 7 heteroatoms. The van der Waals surface area contributed by atoms with Crippen molar-refractivity contribution in [2.24, 2.45) is 0 Å². The van der Waals surface area contributed by atoms with Crippen molar-refractivity contribution in [1.29, 1.82) is 0 Å². The number of hydrogen-bond acceptors (Lipinski definition) is 4. The van der Waals surface area contributed by atoms with Gasteiger partial charge in [0.15, 0.2) is 0 Å². The van der Waals surface area contributed by atoms with E-state index in [1.54, 1.807) is 19.1 Å². The monoisotopic (exact) mass is 403 g/mol. The van der Waals surface area contributed by atoms with Gasteiger partial charge in [-0.05, 0) is 42.9 Å². The molecule has 6 nitrogen and oxygen atoms in total. The zero-order valence-electron chi connectivity index (χ0n) is 16.7. The van der Waals surface area contributed by atoms with E-state index in [0.29, 0.717) is 18.7 Å². The Hall–Kier alpha value is -2.22. The summed E-state index contributed by atoms with van der Waals surface area (Å²) in [6.45, 7) is 8.72. The molecule has 0 saturated heterocycles. The van der Waals surface area contributed by atoms with Crippen LogP contribution in [0.4, 0.5) is 0 Å². The van der Waals surface area contributed by atoms with Crippen molar-refractivity contribution in [1.82, 2.24) is 14.9 Å². The van der Waals surface area contributed by atoms with Crippen LogP contribution in [0.3, 0.4) is 0 Å². The van der Waals surface area contributed by atoms with Gasteiger partial charge in [0, 0.05) is 18.7 Å². The maximum absolute atomic E-state index is 12.8. The van der Waals surface area contributed by atoms with Crippen LogP contribution in [-0.2, 0) is 10.0 Å². The average Bonchev–Trinajstić information content (AvgIpc) is 2.71. The maximum atomic E-state index is 12.8. The van der Waals surface area contributed by atoms with E-state index in [4.69, 9.17) is 0 Å². The zero-order chi connectivity index (χ0) is 20.6. The molecule has 0 unspecified atom stereocenters. The van der Waals surface area contributed by atoms with Crippen molar-refractivity contribution in [3.63, 3.8) is 0 Å². The number of hydrogen-bond donors (Lipinski definition) is 2. The molecule has 28 heavy (non-hydrogen) atoms. The molecule has 2 aromatic rings. The highest BCUT2D eigenvalue weighted by Gasteiger charge is 2.19. The van der Waals surface area contributed by atoms with Crippen molar-refractivity contribution in [3.8, 4) is 0 Å². The van der Waals surface area contributed by atoms with Gasteiger partial charge < -0.3 is 10.2 Å². The molecule has 0 aliphatic rings. The lowest BCUT2D eigenvalue weighted by Gasteiger charge is -2.26. The summed E-state index contributed by atoms with van der Waals surface area (Å²) in [6, 6.07) is 15.7. The molecule has 2 N–H and O–H groups in total. The fourth-order valence-electron chi connectivity index (χ4n) is 2.96. The molecular weight excluding hydrogens is 374 g/mol. The summed E-state index contributed by atoms with van der Waals surface area (Å²) in [5.74, 6) is -0.228. The molecule has 152 valence electrons. The fourth-order valence-corrected chi connectivity index (χ4v) is 4.00. The van der Waals surface area contributed by atoms with Crippen LogP contribution in [0, 0.1) is 0 Å². The summed E-state index contributed by atoms with van der Waals surface area (Å²) in [4.78, 5) is 15.2. The lowest BCUT2D eigenvalue weighted by atomic mass is 10.1. The third-order valence-corrected chi connectivity index (χ3v) is 6.17. The number of nitrogens with zero attached hydrogens (tertiary/aromatic N) is 1. The second-order valence-electron chi connectivity index (χ2n) is 6.45. The van der Waals surface area contributed by atoms with Crippen LogP contribution >= 0.6 is 0 Å². The van der Waals surface area contributed by atoms with Crippen LogP contribution in [0.2, 0.25) is 0 Å². The smallest absolute Gasteiger partial charge is 0.251 e. The summed E-state index contributed by atoms with van der Waals surface area (Å²) in [6.07, 6.45) is 0. The molecule has 0 spiro atoms. The fraction of sp³-hybridized carbons (Fsp3) is 0.381. The largest absolute Gasteiger partial charge is 0.344 e. The topological polar surface area (TPSA) is 78.5 Å². The van der Waals surface area contributed by atoms with Gasteiger partial charge in [0.05, 0.1) is 10.9 Å². The van der Waals surface area contributed by atoms with E-state index in [-0.39, 0.29) is 16.8 Å². The first-order valence-corrected chi connectivity index (χ1v) is 11.1. The molecule has 0 aliphatic heterocycles. The molecule has 0 aliphatic carbocycles. The van der Waals surface area contributed by atoms with Crippen molar-refractivity contribution < 1.29 is 13.2 Å².